The summed E-state index contributed by atoms with van der Waals surface area (Å²) in [4.78, 5) is 16.5. The van der Waals surface area contributed by atoms with Crippen LogP contribution in [0.4, 0.5) is 0 Å². The molecule has 0 aromatic heterocycles. The summed E-state index contributed by atoms with van der Waals surface area (Å²) in [6.45, 7) is 5.41. The predicted octanol–water partition coefficient (Wildman–Crippen LogP) is 1.19. The van der Waals surface area contributed by atoms with Gasteiger partial charge in [-0.05, 0) is 65.3 Å². The Balaban J connectivity index is 2.30. The van der Waals surface area contributed by atoms with Crippen molar-refractivity contribution in [1.29, 1.82) is 0 Å². The zero-order chi connectivity index (χ0) is 15.5. The Labute approximate surface area is 130 Å². The third-order valence-corrected chi connectivity index (χ3v) is 4.18. The molecule has 5 heteroatoms. The van der Waals surface area contributed by atoms with Crippen LogP contribution in [0, 0.1) is 5.92 Å². The van der Waals surface area contributed by atoms with E-state index < -0.39 is 0 Å². The number of carbonyl (C=O) groups excluding carboxylic acids is 1. The molecule has 1 aliphatic heterocycles. The number of nitrogens with zero attached hydrogens (tertiary/aromatic N) is 2. The number of rotatable bonds is 10. The third-order valence-electron chi connectivity index (χ3n) is 4.18. The smallest absolute Gasteiger partial charge is 0.222 e. The predicted molar refractivity (Wildman–Crippen MR) is 86.5 cm³/mol. The fourth-order valence-corrected chi connectivity index (χ4v) is 2.80. The molecule has 0 bridgehead atoms. The van der Waals surface area contributed by atoms with E-state index in [1.54, 1.807) is 7.11 Å². The third kappa shape index (κ3) is 8.39. The highest BCUT2D eigenvalue weighted by Crippen LogP contribution is 2.18. The van der Waals surface area contributed by atoms with E-state index in [1.165, 1.54) is 12.8 Å². The van der Waals surface area contributed by atoms with Gasteiger partial charge in [-0.2, -0.15) is 0 Å². The molecule has 1 N–H and O–H groups in total. The Hall–Kier alpha value is -0.650. The number of carbonyl (C=O) groups is 1. The molecule has 0 saturated carbocycles. The lowest BCUT2D eigenvalue weighted by Gasteiger charge is -2.26. The molecule has 0 radical (unpaired) electrons. The zero-order valence-electron chi connectivity index (χ0n) is 14.1. The molecule has 5 nitrogen and oxygen atoms in total. The van der Waals surface area contributed by atoms with E-state index >= 15 is 0 Å². The first-order chi connectivity index (χ1) is 10.1. The average molecular weight is 299 g/mol. The number of nitrogens with one attached hydrogen (secondary N) is 1. The minimum atomic E-state index is 0.296. The summed E-state index contributed by atoms with van der Waals surface area (Å²) < 4.78 is 5.13. The van der Waals surface area contributed by atoms with E-state index in [4.69, 9.17) is 4.74 Å². The number of hydrogen-bond acceptors (Lipinski definition) is 4. The highest BCUT2D eigenvalue weighted by Gasteiger charge is 2.17. The van der Waals surface area contributed by atoms with Crippen molar-refractivity contribution in [2.24, 2.45) is 5.92 Å². The maximum Gasteiger partial charge on any atom is 0.222 e. The van der Waals surface area contributed by atoms with Gasteiger partial charge in [0.2, 0.25) is 5.91 Å². The molecule has 0 aromatic carbocycles. The summed E-state index contributed by atoms with van der Waals surface area (Å²) in [7, 11) is 5.83. The normalized spacial score (nSPS) is 16.4. The standard InChI is InChI=1S/C16H33N3O2/c1-18(2)11-4-12-19(13-14-21-3)16(20)6-5-15-7-9-17-10-8-15/h15,17H,4-14H2,1-3H3. The first-order valence-electron chi connectivity index (χ1n) is 8.25. The number of methoxy groups -OCH3 is 1. The van der Waals surface area contributed by atoms with Crippen molar-refractivity contribution >= 4 is 5.91 Å². The lowest BCUT2D eigenvalue weighted by atomic mass is 9.93. The topological polar surface area (TPSA) is 44.8 Å². The van der Waals surface area contributed by atoms with Gasteiger partial charge in [0.05, 0.1) is 6.61 Å². The zero-order valence-corrected chi connectivity index (χ0v) is 14.1. The quantitative estimate of drug-likeness (QED) is 0.658. The van der Waals surface area contributed by atoms with Crippen molar-refractivity contribution in [1.82, 2.24) is 15.1 Å². The lowest BCUT2D eigenvalue weighted by molar-refractivity contribution is -0.132. The second-order valence-corrected chi connectivity index (χ2v) is 6.26. The van der Waals surface area contributed by atoms with E-state index in [9.17, 15) is 4.79 Å². The fourth-order valence-electron chi connectivity index (χ4n) is 2.80. The van der Waals surface area contributed by atoms with E-state index in [0.29, 0.717) is 18.9 Å². The Kier molecular flexibility index (Phi) is 9.63. The maximum absolute atomic E-state index is 12.4. The number of hydrogen-bond donors (Lipinski definition) is 1. The van der Waals surface area contributed by atoms with E-state index in [2.05, 4.69) is 24.3 Å². The fraction of sp³-hybridized carbons (Fsp3) is 0.938. The van der Waals surface area contributed by atoms with E-state index in [0.717, 1.165) is 51.5 Å². The molecule has 1 fully saturated rings. The van der Waals surface area contributed by atoms with Gasteiger partial charge in [0.1, 0.15) is 0 Å². The maximum atomic E-state index is 12.4. The van der Waals surface area contributed by atoms with Gasteiger partial charge >= 0.3 is 0 Å². The van der Waals surface area contributed by atoms with Crippen molar-refractivity contribution in [3.05, 3.63) is 0 Å². The highest BCUT2D eigenvalue weighted by molar-refractivity contribution is 5.76. The van der Waals surface area contributed by atoms with Crippen LogP contribution in [-0.2, 0) is 9.53 Å². The van der Waals surface area contributed by atoms with Gasteiger partial charge in [-0.15, -0.1) is 0 Å². The summed E-state index contributed by atoms with van der Waals surface area (Å²) in [6, 6.07) is 0. The van der Waals surface area contributed by atoms with Crippen LogP contribution in [0.3, 0.4) is 0 Å². The van der Waals surface area contributed by atoms with Crippen molar-refractivity contribution in [3.8, 4) is 0 Å². The lowest BCUT2D eigenvalue weighted by Crippen LogP contribution is -2.36. The summed E-state index contributed by atoms with van der Waals surface area (Å²) in [6.07, 6.45) is 5.18. The number of ether oxygens (including phenoxy) is 1. The first-order valence-corrected chi connectivity index (χ1v) is 8.25. The van der Waals surface area contributed by atoms with Crippen LogP contribution in [0.25, 0.3) is 0 Å². The molecule has 0 atom stereocenters. The summed E-state index contributed by atoms with van der Waals surface area (Å²) >= 11 is 0. The van der Waals surface area contributed by atoms with Crippen LogP contribution in [0.1, 0.15) is 32.1 Å². The summed E-state index contributed by atoms with van der Waals surface area (Å²) in [5, 5.41) is 3.37. The summed E-state index contributed by atoms with van der Waals surface area (Å²) in [5.41, 5.74) is 0. The van der Waals surface area contributed by atoms with Crippen molar-refractivity contribution in [2.75, 3.05) is 60.5 Å². The van der Waals surface area contributed by atoms with E-state index in [1.807, 2.05) is 4.90 Å². The van der Waals surface area contributed by atoms with Crippen LogP contribution in [0.2, 0.25) is 0 Å². The monoisotopic (exact) mass is 299 g/mol. The minimum Gasteiger partial charge on any atom is -0.383 e. The molecule has 0 spiro atoms. The van der Waals surface area contributed by atoms with Gasteiger partial charge in [-0.3, -0.25) is 4.79 Å². The van der Waals surface area contributed by atoms with Gasteiger partial charge in [-0.25, -0.2) is 0 Å². The summed E-state index contributed by atoms with van der Waals surface area (Å²) in [5.74, 6) is 1.02. The first kappa shape index (κ1) is 18.4. The Morgan fingerprint density at radius 1 is 1.19 bits per heavy atom. The molecule has 0 aliphatic carbocycles. The molecule has 0 aromatic rings. The van der Waals surface area contributed by atoms with Gasteiger partial charge in [0.15, 0.2) is 0 Å². The molecule has 0 unspecified atom stereocenters. The molecule has 1 saturated heterocycles. The molecule has 1 heterocycles. The largest absolute Gasteiger partial charge is 0.383 e. The van der Waals surface area contributed by atoms with Gasteiger partial charge in [-0.1, -0.05) is 0 Å². The molecule has 1 amide bonds. The Morgan fingerprint density at radius 3 is 2.52 bits per heavy atom. The molecular formula is C16H33N3O2. The average Bonchev–Trinajstić information content (AvgIpc) is 2.49. The van der Waals surface area contributed by atoms with Gasteiger partial charge in [0, 0.05) is 26.6 Å². The molecule has 21 heavy (non-hydrogen) atoms. The van der Waals surface area contributed by atoms with Crippen molar-refractivity contribution < 1.29 is 9.53 Å². The van der Waals surface area contributed by atoms with Crippen LogP contribution in [-0.4, -0.2) is 76.2 Å². The van der Waals surface area contributed by atoms with E-state index in [-0.39, 0.29) is 0 Å². The Bertz CT molecular complexity index is 279. The van der Waals surface area contributed by atoms with Gasteiger partial charge < -0.3 is 19.9 Å². The molecular weight excluding hydrogens is 266 g/mol. The number of amides is 1. The second-order valence-electron chi connectivity index (χ2n) is 6.26. The van der Waals surface area contributed by atoms with Gasteiger partial charge in [0.25, 0.3) is 0 Å². The minimum absolute atomic E-state index is 0.296. The highest BCUT2D eigenvalue weighted by atomic mass is 16.5. The van der Waals surface area contributed by atoms with Crippen molar-refractivity contribution in [3.63, 3.8) is 0 Å². The van der Waals surface area contributed by atoms with Crippen molar-refractivity contribution in [2.45, 2.75) is 32.1 Å². The van der Waals surface area contributed by atoms with Crippen LogP contribution >= 0.6 is 0 Å². The van der Waals surface area contributed by atoms with Crippen LogP contribution < -0.4 is 5.32 Å². The SMILES string of the molecule is COCCN(CCCN(C)C)C(=O)CCC1CCNCC1. The van der Waals surface area contributed by atoms with Crippen LogP contribution in [0.15, 0.2) is 0 Å². The molecule has 1 aliphatic rings. The van der Waals surface area contributed by atoms with Crippen LogP contribution in [0.5, 0.6) is 0 Å². The molecule has 124 valence electrons. The number of piperidine rings is 1. The molecule has 1 rings (SSSR count). The second kappa shape index (κ2) is 11.0. The Morgan fingerprint density at radius 2 is 1.90 bits per heavy atom.